The molecule has 2 aliphatic rings. The van der Waals surface area contributed by atoms with Gasteiger partial charge in [0.05, 0.1) is 6.10 Å². The van der Waals surface area contributed by atoms with Crippen molar-refractivity contribution in [1.82, 2.24) is 15.3 Å². The highest BCUT2D eigenvalue weighted by Crippen LogP contribution is 2.54. The van der Waals surface area contributed by atoms with E-state index in [2.05, 4.69) is 15.3 Å². The number of nitrogens with one attached hydrogen (secondary N) is 1. The van der Waals surface area contributed by atoms with Crippen LogP contribution in [-0.4, -0.2) is 34.6 Å². The third kappa shape index (κ3) is 2.55. The number of aromatic nitrogens is 2. The summed E-state index contributed by atoms with van der Waals surface area (Å²) in [6, 6.07) is 1.89. The highest BCUT2D eigenvalue weighted by atomic mass is 16.5. The molecule has 114 valence electrons. The molecule has 1 spiro atoms. The molecule has 3 rings (SSSR count). The summed E-state index contributed by atoms with van der Waals surface area (Å²) in [5.74, 6) is 0.533. The quantitative estimate of drug-likeness (QED) is 0.923. The average molecular weight is 289 g/mol. The van der Waals surface area contributed by atoms with Crippen LogP contribution in [0, 0.1) is 12.3 Å². The Hall–Kier alpha value is -1.49. The van der Waals surface area contributed by atoms with Crippen molar-refractivity contribution in [2.45, 2.75) is 58.1 Å². The van der Waals surface area contributed by atoms with Gasteiger partial charge in [0.1, 0.15) is 11.5 Å². The van der Waals surface area contributed by atoms with Gasteiger partial charge < -0.3 is 10.1 Å². The lowest BCUT2D eigenvalue weighted by Gasteiger charge is -2.54. The Bertz CT molecular complexity index is 526. The zero-order valence-electron chi connectivity index (χ0n) is 12.8. The molecule has 1 N–H and O–H groups in total. The highest BCUT2D eigenvalue weighted by molar-refractivity contribution is 5.92. The van der Waals surface area contributed by atoms with Gasteiger partial charge in [0.2, 0.25) is 0 Å². The third-order valence-corrected chi connectivity index (χ3v) is 5.00. The smallest absolute Gasteiger partial charge is 0.270 e. The van der Waals surface area contributed by atoms with Crippen molar-refractivity contribution >= 4 is 5.91 Å². The van der Waals surface area contributed by atoms with Crippen LogP contribution in [0.5, 0.6) is 0 Å². The minimum atomic E-state index is -0.0910. The summed E-state index contributed by atoms with van der Waals surface area (Å²) in [6.07, 6.45) is 7.65. The second-order valence-corrected chi connectivity index (χ2v) is 6.14. The minimum Gasteiger partial charge on any atom is -0.378 e. The largest absolute Gasteiger partial charge is 0.378 e. The molecule has 2 fully saturated rings. The number of aryl methyl sites for hydroxylation is 1. The van der Waals surface area contributed by atoms with Crippen molar-refractivity contribution < 1.29 is 9.53 Å². The van der Waals surface area contributed by atoms with E-state index in [0.29, 0.717) is 17.6 Å². The maximum atomic E-state index is 12.4. The Labute approximate surface area is 125 Å². The molecule has 2 atom stereocenters. The predicted octanol–water partition coefficient (Wildman–Crippen LogP) is 2.25. The van der Waals surface area contributed by atoms with E-state index in [-0.39, 0.29) is 17.4 Å². The van der Waals surface area contributed by atoms with Crippen molar-refractivity contribution in [2.24, 2.45) is 5.41 Å². The summed E-state index contributed by atoms with van der Waals surface area (Å²) in [5.41, 5.74) is 0.615. The Morgan fingerprint density at radius 3 is 2.90 bits per heavy atom. The predicted molar refractivity (Wildman–Crippen MR) is 79.0 cm³/mol. The average Bonchev–Trinajstić information content (AvgIpc) is 2.98. The van der Waals surface area contributed by atoms with Gasteiger partial charge in [-0.15, -0.1) is 0 Å². The van der Waals surface area contributed by atoms with Crippen LogP contribution in [0.1, 0.15) is 55.3 Å². The SMILES string of the molecule is CCO[C@H]1C[C@H](NC(=O)c2ccnc(C)n2)C12CCCC2. The van der Waals surface area contributed by atoms with Crippen LogP contribution in [0.15, 0.2) is 12.3 Å². The van der Waals surface area contributed by atoms with Crippen molar-refractivity contribution in [3.63, 3.8) is 0 Å². The van der Waals surface area contributed by atoms with Crippen LogP contribution in [0.3, 0.4) is 0 Å². The van der Waals surface area contributed by atoms with E-state index in [1.807, 2.05) is 6.92 Å². The molecule has 5 heteroatoms. The molecule has 0 aromatic carbocycles. The summed E-state index contributed by atoms with van der Waals surface area (Å²) in [4.78, 5) is 20.6. The van der Waals surface area contributed by atoms with Crippen molar-refractivity contribution in [2.75, 3.05) is 6.61 Å². The van der Waals surface area contributed by atoms with Crippen LogP contribution in [0.4, 0.5) is 0 Å². The number of amides is 1. The Kier molecular flexibility index (Phi) is 3.93. The second kappa shape index (κ2) is 5.72. The van der Waals surface area contributed by atoms with Gasteiger partial charge in [-0.05, 0) is 39.2 Å². The van der Waals surface area contributed by atoms with E-state index >= 15 is 0 Å². The number of rotatable bonds is 4. The Morgan fingerprint density at radius 2 is 2.24 bits per heavy atom. The number of carbonyl (C=O) groups is 1. The Balaban J connectivity index is 1.69. The van der Waals surface area contributed by atoms with Gasteiger partial charge in [-0.25, -0.2) is 9.97 Å². The topological polar surface area (TPSA) is 64.1 Å². The summed E-state index contributed by atoms with van der Waals surface area (Å²) in [6.45, 7) is 4.58. The standard InChI is InChI=1S/C16H23N3O2/c1-3-21-14-10-13(16(14)7-4-5-8-16)19-15(20)12-6-9-17-11(2)18-12/h6,9,13-14H,3-5,7-8,10H2,1-2H3,(H,19,20)/t13-,14-/m0/s1. The summed E-state index contributed by atoms with van der Waals surface area (Å²) in [5, 5.41) is 3.17. The number of carbonyl (C=O) groups excluding carboxylic acids is 1. The third-order valence-electron chi connectivity index (χ3n) is 5.00. The second-order valence-electron chi connectivity index (χ2n) is 6.14. The number of ether oxygens (including phenoxy) is 1. The summed E-state index contributed by atoms with van der Waals surface area (Å²) in [7, 11) is 0. The monoisotopic (exact) mass is 289 g/mol. The van der Waals surface area contributed by atoms with Gasteiger partial charge in [0, 0.05) is 24.3 Å². The molecule has 0 saturated heterocycles. The fraction of sp³-hybridized carbons (Fsp3) is 0.688. The summed E-state index contributed by atoms with van der Waals surface area (Å²) < 4.78 is 5.88. The molecule has 1 amide bonds. The zero-order valence-corrected chi connectivity index (χ0v) is 12.8. The first-order valence-electron chi connectivity index (χ1n) is 7.88. The van der Waals surface area contributed by atoms with Crippen molar-refractivity contribution in [3.8, 4) is 0 Å². The molecule has 1 aromatic heterocycles. The number of nitrogens with zero attached hydrogens (tertiary/aromatic N) is 2. The van der Waals surface area contributed by atoms with Crippen LogP contribution in [0.25, 0.3) is 0 Å². The molecular formula is C16H23N3O2. The number of hydrogen-bond donors (Lipinski definition) is 1. The fourth-order valence-electron chi connectivity index (χ4n) is 3.90. The highest BCUT2D eigenvalue weighted by Gasteiger charge is 2.57. The lowest BCUT2D eigenvalue weighted by Crippen LogP contribution is -2.63. The molecule has 2 aliphatic carbocycles. The van der Waals surface area contributed by atoms with Gasteiger partial charge in [0.25, 0.3) is 5.91 Å². The first-order valence-corrected chi connectivity index (χ1v) is 7.88. The molecule has 21 heavy (non-hydrogen) atoms. The van der Waals surface area contributed by atoms with E-state index in [4.69, 9.17) is 4.74 Å². The molecular weight excluding hydrogens is 266 g/mol. The van der Waals surface area contributed by atoms with E-state index < -0.39 is 0 Å². The van der Waals surface area contributed by atoms with Gasteiger partial charge in [0.15, 0.2) is 0 Å². The first kappa shape index (κ1) is 14.4. The maximum absolute atomic E-state index is 12.4. The minimum absolute atomic E-state index is 0.0910. The number of hydrogen-bond acceptors (Lipinski definition) is 4. The lowest BCUT2D eigenvalue weighted by atomic mass is 9.60. The Morgan fingerprint density at radius 1 is 1.48 bits per heavy atom. The van der Waals surface area contributed by atoms with E-state index in [0.717, 1.165) is 25.9 Å². The van der Waals surface area contributed by atoms with E-state index in [9.17, 15) is 4.79 Å². The molecule has 1 aromatic rings. The maximum Gasteiger partial charge on any atom is 0.270 e. The summed E-state index contributed by atoms with van der Waals surface area (Å²) >= 11 is 0. The van der Waals surface area contributed by atoms with Crippen molar-refractivity contribution in [1.29, 1.82) is 0 Å². The molecule has 0 radical (unpaired) electrons. The van der Waals surface area contributed by atoms with Gasteiger partial charge in [-0.3, -0.25) is 4.79 Å². The first-order chi connectivity index (χ1) is 10.2. The van der Waals surface area contributed by atoms with Crippen LogP contribution < -0.4 is 5.32 Å². The van der Waals surface area contributed by atoms with E-state index in [1.165, 1.54) is 12.8 Å². The van der Waals surface area contributed by atoms with Crippen LogP contribution >= 0.6 is 0 Å². The normalized spacial score (nSPS) is 26.6. The lowest BCUT2D eigenvalue weighted by molar-refractivity contribution is -0.127. The molecule has 5 nitrogen and oxygen atoms in total. The molecule has 1 heterocycles. The van der Waals surface area contributed by atoms with Crippen LogP contribution in [-0.2, 0) is 4.74 Å². The van der Waals surface area contributed by atoms with Gasteiger partial charge >= 0.3 is 0 Å². The van der Waals surface area contributed by atoms with Gasteiger partial charge in [-0.1, -0.05) is 12.8 Å². The zero-order chi connectivity index (χ0) is 14.9. The van der Waals surface area contributed by atoms with Crippen LogP contribution in [0.2, 0.25) is 0 Å². The molecule has 2 saturated carbocycles. The van der Waals surface area contributed by atoms with Gasteiger partial charge in [-0.2, -0.15) is 0 Å². The molecule has 0 bridgehead atoms. The fourth-order valence-corrected chi connectivity index (χ4v) is 3.90. The van der Waals surface area contributed by atoms with Crippen molar-refractivity contribution in [3.05, 3.63) is 23.8 Å². The molecule has 0 unspecified atom stereocenters. The van der Waals surface area contributed by atoms with E-state index in [1.54, 1.807) is 19.2 Å². The molecule has 0 aliphatic heterocycles.